The van der Waals surface area contributed by atoms with Crippen molar-refractivity contribution in [2.24, 2.45) is 0 Å². The molecule has 11 heavy (non-hydrogen) atoms. The van der Waals surface area contributed by atoms with Crippen LogP contribution in [0.5, 0.6) is 0 Å². The molecule has 0 radical (unpaired) electrons. The maximum atomic E-state index is 12.4. The predicted molar refractivity (Wildman–Crippen MR) is 44.9 cm³/mol. The number of aliphatic hydroxyl groups is 1. The van der Waals surface area contributed by atoms with E-state index in [1.54, 1.807) is 6.92 Å². The van der Waals surface area contributed by atoms with Crippen LogP contribution in [-0.2, 0) is 4.51 Å². The van der Waals surface area contributed by atoms with Gasteiger partial charge in [-0.1, -0.05) is 12.1 Å². The molecule has 0 spiro atoms. The highest BCUT2D eigenvalue weighted by Crippen LogP contribution is 2.26. The van der Waals surface area contributed by atoms with Gasteiger partial charge in [-0.15, -0.1) is 0 Å². The van der Waals surface area contributed by atoms with E-state index in [0.717, 1.165) is 0 Å². The minimum absolute atomic E-state index is 0.300. The van der Waals surface area contributed by atoms with E-state index in [1.807, 2.05) is 0 Å². The maximum absolute atomic E-state index is 12.4. The van der Waals surface area contributed by atoms with Crippen molar-refractivity contribution in [2.75, 3.05) is 0 Å². The Morgan fingerprint density at radius 1 is 1.36 bits per heavy atom. The summed E-state index contributed by atoms with van der Waals surface area (Å²) in [5.41, 5.74) is 0.638. The molecule has 1 atom stereocenters. The molecule has 0 aliphatic carbocycles. The van der Waals surface area contributed by atoms with Gasteiger partial charge in [-0.05, 0) is 40.5 Å². The molecule has 1 N–H and O–H groups in total. The third-order valence-corrected chi connectivity index (χ3v) is 1.83. The van der Waals surface area contributed by atoms with Gasteiger partial charge >= 0.3 is 0 Å². The van der Waals surface area contributed by atoms with Crippen LogP contribution < -0.4 is 0 Å². The Hall–Kier alpha value is -0.410. The van der Waals surface area contributed by atoms with Crippen molar-refractivity contribution in [2.45, 2.75) is 11.4 Å². The summed E-state index contributed by atoms with van der Waals surface area (Å²) in [7, 11) is 0. The van der Waals surface area contributed by atoms with Gasteiger partial charge in [0.25, 0.3) is 0 Å². The molecule has 0 bridgehead atoms. The minimum atomic E-state index is -1.07. The molecule has 0 aliphatic heterocycles. The molecule has 1 rings (SSSR count). The van der Waals surface area contributed by atoms with Crippen molar-refractivity contribution in [1.82, 2.24) is 0 Å². The molecule has 0 aromatic heterocycles. The van der Waals surface area contributed by atoms with Gasteiger partial charge in [-0.2, -0.15) is 0 Å². The number of rotatable bonds is 1. The zero-order valence-electron chi connectivity index (χ0n) is 6.01. The van der Waals surface area contributed by atoms with Gasteiger partial charge in [0.2, 0.25) is 0 Å². The zero-order valence-corrected chi connectivity index (χ0v) is 7.60. The molecule has 3 heteroatoms. The highest BCUT2D eigenvalue weighted by atomic mass is 79.9. The van der Waals surface area contributed by atoms with E-state index in [4.69, 9.17) is 0 Å². The lowest BCUT2D eigenvalue weighted by Gasteiger charge is -2.14. The van der Waals surface area contributed by atoms with E-state index >= 15 is 0 Å². The van der Waals surface area contributed by atoms with Crippen molar-refractivity contribution in [3.8, 4) is 0 Å². The van der Waals surface area contributed by atoms with E-state index < -0.39 is 4.51 Å². The van der Waals surface area contributed by atoms with Crippen molar-refractivity contribution in [3.63, 3.8) is 0 Å². The molecular weight excluding hydrogens is 211 g/mol. The first kappa shape index (κ1) is 8.68. The average molecular weight is 219 g/mol. The number of benzene rings is 1. The van der Waals surface area contributed by atoms with Crippen LogP contribution in [0.3, 0.4) is 0 Å². The topological polar surface area (TPSA) is 20.2 Å². The fraction of sp³-hybridized carbons (Fsp3) is 0.250. The Bertz CT molecular complexity index is 237. The minimum Gasteiger partial charge on any atom is -0.375 e. The van der Waals surface area contributed by atoms with Gasteiger partial charge in [0.05, 0.1) is 0 Å². The Morgan fingerprint density at radius 2 is 1.82 bits per heavy atom. The second kappa shape index (κ2) is 2.91. The number of hydrogen-bond donors (Lipinski definition) is 1. The van der Waals surface area contributed by atoms with Gasteiger partial charge < -0.3 is 5.11 Å². The van der Waals surface area contributed by atoms with Crippen LogP contribution in [0.15, 0.2) is 24.3 Å². The van der Waals surface area contributed by atoms with Gasteiger partial charge in [0, 0.05) is 0 Å². The van der Waals surface area contributed by atoms with Gasteiger partial charge in [-0.25, -0.2) is 4.39 Å². The lowest BCUT2D eigenvalue weighted by atomic mass is 10.1. The Balaban J connectivity index is 2.99. The van der Waals surface area contributed by atoms with E-state index in [9.17, 15) is 9.50 Å². The van der Waals surface area contributed by atoms with Crippen LogP contribution in [0.1, 0.15) is 12.5 Å². The Morgan fingerprint density at radius 3 is 2.18 bits per heavy atom. The molecule has 0 amide bonds. The van der Waals surface area contributed by atoms with Crippen LogP contribution >= 0.6 is 15.9 Å². The smallest absolute Gasteiger partial charge is 0.142 e. The lowest BCUT2D eigenvalue weighted by molar-refractivity contribution is 0.167. The standard InChI is InChI=1S/C8H8BrFO/c1-8(9,11)6-2-4-7(10)5-3-6/h2-5,11H,1H3. The first-order valence-electron chi connectivity index (χ1n) is 3.17. The summed E-state index contributed by atoms with van der Waals surface area (Å²) < 4.78 is 11.3. The molecule has 60 valence electrons. The summed E-state index contributed by atoms with van der Waals surface area (Å²) in [6.45, 7) is 1.58. The summed E-state index contributed by atoms with van der Waals surface area (Å²) >= 11 is 3.04. The molecular formula is C8H8BrFO. The number of halogens is 2. The van der Waals surface area contributed by atoms with Crippen molar-refractivity contribution < 1.29 is 9.50 Å². The molecule has 1 nitrogen and oxygen atoms in total. The average Bonchev–Trinajstić information content (AvgIpc) is 1.86. The molecule has 0 saturated heterocycles. The second-order valence-electron chi connectivity index (χ2n) is 2.46. The maximum Gasteiger partial charge on any atom is 0.142 e. The molecule has 0 heterocycles. The van der Waals surface area contributed by atoms with Crippen LogP contribution in [-0.4, -0.2) is 5.11 Å². The molecule has 1 aromatic rings. The number of alkyl halides is 1. The largest absolute Gasteiger partial charge is 0.375 e. The van der Waals surface area contributed by atoms with E-state index in [2.05, 4.69) is 15.9 Å². The van der Waals surface area contributed by atoms with Crippen molar-refractivity contribution in [1.29, 1.82) is 0 Å². The quantitative estimate of drug-likeness (QED) is 0.719. The highest BCUT2D eigenvalue weighted by molar-refractivity contribution is 9.09. The van der Waals surface area contributed by atoms with E-state index in [1.165, 1.54) is 24.3 Å². The summed E-state index contributed by atoms with van der Waals surface area (Å²) in [4.78, 5) is 0. The highest BCUT2D eigenvalue weighted by Gasteiger charge is 2.17. The van der Waals surface area contributed by atoms with Crippen LogP contribution in [0.4, 0.5) is 4.39 Å². The first-order valence-corrected chi connectivity index (χ1v) is 3.97. The van der Waals surface area contributed by atoms with Crippen molar-refractivity contribution in [3.05, 3.63) is 35.6 Å². The molecule has 1 aromatic carbocycles. The van der Waals surface area contributed by atoms with E-state index in [-0.39, 0.29) is 5.82 Å². The summed E-state index contributed by atoms with van der Waals surface area (Å²) in [6, 6.07) is 5.68. The molecule has 0 fully saturated rings. The summed E-state index contributed by atoms with van der Waals surface area (Å²) in [6.07, 6.45) is 0. The van der Waals surface area contributed by atoms with Crippen LogP contribution in [0, 0.1) is 5.82 Å². The second-order valence-corrected chi connectivity index (χ2v) is 4.00. The van der Waals surface area contributed by atoms with Gasteiger partial charge in [0.15, 0.2) is 0 Å². The SMILES string of the molecule is CC(O)(Br)c1ccc(F)cc1. The van der Waals surface area contributed by atoms with Crippen LogP contribution in [0.2, 0.25) is 0 Å². The predicted octanol–water partition coefficient (Wildman–Crippen LogP) is 2.39. The fourth-order valence-electron chi connectivity index (χ4n) is 0.754. The number of hydrogen-bond acceptors (Lipinski definition) is 1. The summed E-state index contributed by atoms with van der Waals surface area (Å²) in [5.74, 6) is -0.300. The normalized spacial score (nSPS) is 16.0. The van der Waals surface area contributed by atoms with Gasteiger partial charge in [0.1, 0.15) is 10.3 Å². The van der Waals surface area contributed by atoms with Crippen LogP contribution in [0.25, 0.3) is 0 Å². The molecule has 0 aliphatic rings. The third-order valence-electron chi connectivity index (χ3n) is 1.37. The fourth-order valence-corrected chi connectivity index (χ4v) is 1.02. The van der Waals surface area contributed by atoms with E-state index in [0.29, 0.717) is 5.56 Å². The Labute approximate surface area is 73.0 Å². The zero-order chi connectivity index (χ0) is 8.48. The first-order chi connectivity index (χ1) is 5.00. The molecule has 1 unspecified atom stereocenters. The third kappa shape index (κ3) is 2.27. The Kier molecular flexibility index (Phi) is 2.30. The molecule has 0 saturated carbocycles. The van der Waals surface area contributed by atoms with Crippen molar-refractivity contribution >= 4 is 15.9 Å². The van der Waals surface area contributed by atoms with Gasteiger partial charge in [-0.3, -0.25) is 0 Å². The monoisotopic (exact) mass is 218 g/mol. The summed E-state index contributed by atoms with van der Waals surface area (Å²) in [5, 5.41) is 9.37. The lowest BCUT2D eigenvalue weighted by Crippen LogP contribution is -2.10.